The molecule has 2 unspecified atom stereocenters. The SMILES string of the molecule is NC(=NO)C1(C(=O)N2CC(O)C(O)C2)CCCCC1. The fraction of sp³-hybridized carbons (Fsp3) is 0.833. The van der Waals surface area contributed by atoms with Gasteiger partial charge in [0.15, 0.2) is 5.84 Å². The summed E-state index contributed by atoms with van der Waals surface area (Å²) in [6.45, 7) is 0.195. The molecule has 1 amide bonds. The number of hydrogen-bond acceptors (Lipinski definition) is 5. The van der Waals surface area contributed by atoms with Crippen LogP contribution in [-0.2, 0) is 4.79 Å². The van der Waals surface area contributed by atoms with E-state index in [1.165, 1.54) is 4.90 Å². The number of amides is 1. The predicted molar refractivity (Wildman–Crippen MR) is 67.5 cm³/mol. The Bertz CT molecular complexity index is 369. The van der Waals surface area contributed by atoms with E-state index < -0.39 is 17.6 Å². The molecule has 1 aliphatic heterocycles. The van der Waals surface area contributed by atoms with Crippen LogP contribution < -0.4 is 5.73 Å². The van der Waals surface area contributed by atoms with Crippen molar-refractivity contribution in [2.75, 3.05) is 13.1 Å². The van der Waals surface area contributed by atoms with Crippen molar-refractivity contribution in [3.05, 3.63) is 0 Å². The summed E-state index contributed by atoms with van der Waals surface area (Å²) in [5.74, 6) is -0.314. The molecule has 0 radical (unpaired) electrons. The molecule has 19 heavy (non-hydrogen) atoms. The van der Waals surface area contributed by atoms with Crippen molar-refractivity contribution in [2.45, 2.75) is 44.3 Å². The van der Waals surface area contributed by atoms with Gasteiger partial charge in [0.05, 0.1) is 12.2 Å². The molecule has 2 atom stereocenters. The molecule has 2 aliphatic rings. The number of carbonyl (C=O) groups is 1. The summed E-state index contributed by atoms with van der Waals surface area (Å²) in [5.41, 5.74) is 4.77. The monoisotopic (exact) mass is 271 g/mol. The second kappa shape index (κ2) is 5.34. The molecule has 0 aromatic carbocycles. The lowest BCUT2D eigenvalue weighted by atomic mass is 9.72. The summed E-state index contributed by atoms with van der Waals surface area (Å²) in [5, 5.41) is 31.1. The summed E-state index contributed by atoms with van der Waals surface area (Å²) >= 11 is 0. The fourth-order valence-electron chi connectivity index (χ4n) is 3.07. The van der Waals surface area contributed by atoms with Gasteiger partial charge in [-0.2, -0.15) is 0 Å². The van der Waals surface area contributed by atoms with Crippen molar-refractivity contribution in [3.63, 3.8) is 0 Å². The number of nitrogens with two attached hydrogens (primary N) is 1. The highest BCUT2D eigenvalue weighted by Crippen LogP contribution is 2.39. The Labute approximate surface area is 111 Å². The quantitative estimate of drug-likeness (QED) is 0.228. The molecule has 5 N–H and O–H groups in total. The van der Waals surface area contributed by atoms with Crippen LogP contribution in [0.25, 0.3) is 0 Å². The van der Waals surface area contributed by atoms with Crippen LogP contribution in [0, 0.1) is 5.41 Å². The topological polar surface area (TPSA) is 119 Å². The van der Waals surface area contributed by atoms with E-state index in [2.05, 4.69) is 5.16 Å². The van der Waals surface area contributed by atoms with Crippen molar-refractivity contribution < 1.29 is 20.2 Å². The molecule has 0 bridgehead atoms. The molecular weight excluding hydrogens is 250 g/mol. The molecule has 0 spiro atoms. The molecule has 7 heteroatoms. The van der Waals surface area contributed by atoms with Crippen molar-refractivity contribution in [1.29, 1.82) is 0 Å². The lowest BCUT2D eigenvalue weighted by Gasteiger charge is -2.37. The molecule has 0 aromatic rings. The summed E-state index contributed by atoms with van der Waals surface area (Å²) in [4.78, 5) is 14.1. The van der Waals surface area contributed by atoms with E-state index in [-0.39, 0.29) is 24.8 Å². The third-order valence-corrected chi connectivity index (χ3v) is 4.26. The molecule has 1 heterocycles. The van der Waals surface area contributed by atoms with Gasteiger partial charge >= 0.3 is 0 Å². The largest absolute Gasteiger partial charge is 0.409 e. The van der Waals surface area contributed by atoms with Crippen molar-refractivity contribution in [2.24, 2.45) is 16.3 Å². The van der Waals surface area contributed by atoms with Crippen LogP contribution >= 0.6 is 0 Å². The Morgan fingerprint density at radius 3 is 2.16 bits per heavy atom. The smallest absolute Gasteiger partial charge is 0.236 e. The van der Waals surface area contributed by atoms with E-state index >= 15 is 0 Å². The second-order valence-electron chi connectivity index (χ2n) is 5.47. The van der Waals surface area contributed by atoms with Crippen LogP contribution in [0.15, 0.2) is 5.16 Å². The summed E-state index contributed by atoms with van der Waals surface area (Å²) < 4.78 is 0. The van der Waals surface area contributed by atoms with Gasteiger partial charge in [-0.05, 0) is 12.8 Å². The Morgan fingerprint density at radius 2 is 1.68 bits per heavy atom. The Kier molecular flexibility index (Phi) is 3.96. The molecule has 1 saturated carbocycles. The van der Waals surface area contributed by atoms with Crippen molar-refractivity contribution in [1.82, 2.24) is 4.90 Å². The summed E-state index contributed by atoms with van der Waals surface area (Å²) in [6.07, 6.45) is 1.98. The first-order chi connectivity index (χ1) is 9.01. The molecular formula is C12H21N3O4. The zero-order chi connectivity index (χ0) is 14.0. The van der Waals surface area contributed by atoms with E-state index in [1.54, 1.807) is 0 Å². The third-order valence-electron chi connectivity index (χ3n) is 4.26. The molecule has 2 rings (SSSR count). The normalized spacial score (nSPS) is 31.5. The van der Waals surface area contributed by atoms with Gasteiger partial charge in [-0.1, -0.05) is 24.4 Å². The molecule has 1 aliphatic carbocycles. The van der Waals surface area contributed by atoms with Crippen LogP contribution in [0.2, 0.25) is 0 Å². The van der Waals surface area contributed by atoms with Gasteiger partial charge in [-0.15, -0.1) is 0 Å². The number of hydrogen-bond donors (Lipinski definition) is 4. The zero-order valence-corrected chi connectivity index (χ0v) is 10.8. The van der Waals surface area contributed by atoms with Gasteiger partial charge in [0.25, 0.3) is 0 Å². The highest BCUT2D eigenvalue weighted by atomic mass is 16.4. The number of amidine groups is 1. The maximum atomic E-state index is 12.6. The van der Waals surface area contributed by atoms with Gasteiger partial charge in [-0.25, -0.2) is 0 Å². The van der Waals surface area contributed by atoms with Crippen LogP contribution in [0.4, 0.5) is 0 Å². The van der Waals surface area contributed by atoms with Crippen molar-refractivity contribution >= 4 is 11.7 Å². The fourth-order valence-corrected chi connectivity index (χ4v) is 3.07. The average molecular weight is 271 g/mol. The standard InChI is InChI=1S/C12H21N3O4/c13-10(14-19)12(4-2-1-3-5-12)11(18)15-6-8(16)9(17)7-15/h8-9,16-17,19H,1-7H2,(H2,13,14). The van der Waals surface area contributed by atoms with Crippen LogP contribution in [-0.4, -0.2) is 57.4 Å². The molecule has 2 fully saturated rings. The summed E-state index contributed by atoms with van der Waals surface area (Å²) in [7, 11) is 0. The minimum Gasteiger partial charge on any atom is -0.409 e. The van der Waals surface area contributed by atoms with E-state index in [0.717, 1.165) is 19.3 Å². The Morgan fingerprint density at radius 1 is 1.16 bits per heavy atom. The number of rotatable bonds is 2. The van der Waals surface area contributed by atoms with E-state index in [0.29, 0.717) is 12.8 Å². The van der Waals surface area contributed by atoms with Gasteiger partial charge in [0.1, 0.15) is 5.41 Å². The van der Waals surface area contributed by atoms with Gasteiger partial charge in [0, 0.05) is 13.1 Å². The number of aliphatic hydroxyl groups is 2. The van der Waals surface area contributed by atoms with E-state index in [4.69, 9.17) is 10.9 Å². The molecule has 0 aromatic heterocycles. The zero-order valence-electron chi connectivity index (χ0n) is 10.8. The van der Waals surface area contributed by atoms with Gasteiger partial charge in [0.2, 0.25) is 5.91 Å². The number of likely N-dealkylation sites (tertiary alicyclic amines) is 1. The highest BCUT2D eigenvalue weighted by Gasteiger charge is 2.48. The van der Waals surface area contributed by atoms with Crippen LogP contribution in [0.5, 0.6) is 0 Å². The predicted octanol–water partition coefficient (Wildman–Crippen LogP) is -0.753. The third kappa shape index (κ3) is 2.40. The number of oxime groups is 1. The molecule has 7 nitrogen and oxygen atoms in total. The molecule has 108 valence electrons. The average Bonchev–Trinajstić information content (AvgIpc) is 2.77. The number of nitrogens with zero attached hydrogens (tertiary/aromatic N) is 2. The highest BCUT2D eigenvalue weighted by molar-refractivity contribution is 6.06. The van der Waals surface area contributed by atoms with Gasteiger partial charge < -0.3 is 26.1 Å². The first-order valence-electron chi connectivity index (χ1n) is 6.65. The lowest BCUT2D eigenvalue weighted by molar-refractivity contribution is -0.139. The van der Waals surface area contributed by atoms with Crippen molar-refractivity contribution in [3.8, 4) is 0 Å². The maximum absolute atomic E-state index is 12.6. The minimum atomic E-state index is -0.975. The number of β-amino-alcohol motifs (C(OH)–C–C–N with tert-alkyl or cyclic N) is 2. The lowest BCUT2D eigenvalue weighted by Crippen LogP contribution is -2.52. The maximum Gasteiger partial charge on any atom is 0.236 e. The van der Waals surface area contributed by atoms with Crippen LogP contribution in [0.3, 0.4) is 0 Å². The first-order valence-corrected chi connectivity index (χ1v) is 6.65. The molecule has 1 saturated heterocycles. The number of aliphatic hydroxyl groups excluding tert-OH is 2. The van der Waals surface area contributed by atoms with E-state index in [1.807, 2.05) is 0 Å². The van der Waals surface area contributed by atoms with E-state index in [9.17, 15) is 15.0 Å². The Balaban J connectivity index is 2.22. The minimum absolute atomic E-state index is 0.0620. The van der Waals surface area contributed by atoms with Crippen LogP contribution in [0.1, 0.15) is 32.1 Å². The number of carbonyl (C=O) groups excluding carboxylic acids is 1. The Hall–Kier alpha value is -1.34. The van der Waals surface area contributed by atoms with Gasteiger partial charge in [-0.3, -0.25) is 4.79 Å². The summed E-state index contributed by atoms with van der Waals surface area (Å²) in [6, 6.07) is 0. The second-order valence-corrected chi connectivity index (χ2v) is 5.47. The first kappa shape index (κ1) is 14.1.